The van der Waals surface area contributed by atoms with E-state index in [2.05, 4.69) is 5.38 Å². The molecule has 0 saturated carbocycles. The molecule has 4 atom stereocenters. The number of thiophene rings is 1. The van der Waals surface area contributed by atoms with E-state index in [1.807, 2.05) is 35.5 Å². The molecule has 4 unspecified atom stereocenters. The molecule has 0 radical (unpaired) electrons. The number of carbonyl (C=O) groups is 1. The van der Waals surface area contributed by atoms with Crippen molar-refractivity contribution in [3.63, 3.8) is 0 Å². The van der Waals surface area contributed by atoms with Gasteiger partial charge in [0.05, 0.1) is 18.6 Å². The van der Waals surface area contributed by atoms with Crippen LogP contribution >= 0.6 is 11.3 Å². The Labute approximate surface area is 168 Å². The summed E-state index contributed by atoms with van der Waals surface area (Å²) in [5.41, 5.74) is 3.24. The van der Waals surface area contributed by atoms with Gasteiger partial charge >= 0.3 is 6.18 Å². The van der Waals surface area contributed by atoms with Crippen LogP contribution in [0.5, 0.6) is 0 Å². The Morgan fingerprint density at radius 2 is 2.17 bits per heavy atom. The van der Waals surface area contributed by atoms with Gasteiger partial charge in [-0.1, -0.05) is 18.2 Å². The van der Waals surface area contributed by atoms with E-state index in [0.29, 0.717) is 6.54 Å². The smallest absolute Gasteiger partial charge is 0.394 e. The fourth-order valence-corrected chi connectivity index (χ4v) is 5.23. The first-order valence-corrected chi connectivity index (χ1v) is 10.1. The van der Waals surface area contributed by atoms with Gasteiger partial charge in [-0.3, -0.25) is 9.69 Å². The number of carbonyl (C=O) groups excluding carboxylic acids is 1. The number of halogens is 4. The number of nitrogens with one attached hydrogen (secondary N) is 1. The summed E-state index contributed by atoms with van der Waals surface area (Å²) in [7, 11) is 1.87. The fourth-order valence-electron chi connectivity index (χ4n) is 4.23. The summed E-state index contributed by atoms with van der Waals surface area (Å²) < 4.78 is 52.7. The third kappa shape index (κ3) is 3.55. The molecule has 2 N–H and O–H groups in total. The maximum atomic E-state index is 13.6. The molecule has 1 aliphatic heterocycles. The topological polar surface area (TPSA) is 52.6 Å². The fraction of sp³-hybridized carbons (Fsp3) is 0.450. The number of likely N-dealkylation sites (N-methyl/N-ethyl adjacent to an activating group) is 1. The van der Waals surface area contributed by atoms with Crippen LogP contribution in [-0.2, 0) is 11.2 Å². The van der Waals surface area contributed by atoms with Gasteiger partial charge < -0.3 is 10.4 Å². The van der Waals surface area contributed by atoms with Crippen molar-refractivity contribution in [3.8, 4) is 0 Å². The Hall–Kier alpha value is -1.97. The van der Waals surface area contributed by atoms with Gasteiger partial charge in [0.15, 0.2) is 0 Å². The lowest BCUT2D eigenvalue weighted by atomic mass is 9.80. The van der Waals surface area contributed by atoms with Gasteiger partial charge in [0.2, 0.25) is 12.1 Å². The number of hydrogen-bond acceptors (Lipinski definition) is 4. The Bertz CT molecular complexity index is 971. The number of rotatable bonds is 4. The van der Waals surface area contributed by atoms with Crippen LogP contribution in [0.15, 0.2) is 29.7 Å². The molecule has 1 aromatic carbocycles. The predicted molar refractivity (Wildman–Crippen MR) is 103 cm³/mol. The summed E-state index contributed by atoms with van der Waals surface area (Å²) in [5.74, 6) is -1.46. The molecule has 0 fully saturated rings. The number of alkyl halides is 4. The van der Waals surface area contributed by atoms with Crippen LogP contribution in [0.1, 0.15) is 11.1 Å². The first-order valence-electron chi connectivity index (χ1n) is 9.24. The Kier molecular flexibility index (Phi) is 5.16. The maximum Gasteiger partial charge on any atom is 0.421 e. The highest BCUT2D eigenvalue weighted by Crippen LogP contribution is 2.43. The molecule has 156 valence electrons. The zero-order valence-corrected chi connectivity index (χ0v) is 16.4. The third-order valence-electron chi connectivity index (χ3n) is 5.68. The van der Waals surface area contributed by atoms with Crippen LogP contribution in [0.4, 0.5) is 17.6 Å². The highest BCUT2D eigenvalue weighted by atomic mass is 32.1. The second-order valence-corrected chi connectivity index (χ2v) is 8.48. The van der Waals surface area contributed by atoms with E-state index < -0.39 is 36.8 Å². The van der Waals surface area contributed by atoms with E-state index >= 15 is 0 Å². The van der Waals surface area contributed by atoms with Crippen molar-refractivity contribution in [1.29, 1.82) is 0 Å². The average Bonchev–Trinajstić information content (AvgIpc) is 3.09. The van der Waals surface area contributed by atoms with Crippen LogP contribution in [0.2, 0.25) is 0 Å². The quantitative estimate of drug-likeness (QED) is 0.736. The molecule has 1 aromatic heterocycles. The van der Waals surface area contributed by atoms with E-state index in [0.717, 1.165) is 27.6 Å². The minimum Gasteiger partial charge on any atom is -0.394 e. The predicted octanol–water partition coefficient (Wildman–Crippen LogP) is 3.15. The van der Waals surface area contributed by atoms with Gasteiger partial charge in [-0.15, -0.1) is 11.3 Å². The summed E-state index contributed by atoms with van der Waals surface area (Å²) in [5, 5.41) is 14.5. The number of fused-ring (bicyclic) bond motifs is 2. The summed E-state index contributed by atoms with van der Waals surface area (Å²) in [6.45, 7) is -0.831. The zero-order chi connectivity index (χ0) is 20.9. The molecule has 1 amide bonds. The molecule has 29 heavy (non-hydrogen) atoms. The first kappa shape index (κ1) is 20.3. The van der Waals surface area contributed by atoms with Crippen LogP contribution < -0.4 is 5.32 Å². The first-order chi connectivity index (χ1) is 13.7. The molecule has 2 heterocycles. The molecule has 0 spiro atoms. The summed E-state index contributed by atoms with van der Waals surface area (Å²) >= 11 is 1.66. The maximum absolute atomic E-state index is 13.6. The van der Waals surface area contributed by atoms with Crippen LogP contribution in [0.3, 0.4) is 0 Å². The van der Waals surface area contributed by atoms with Crippen molar-refractivity contribution in [2.45, 2.75) is 30.9 Å². The largest absolute Gasteiger partial charge is 0.421 e. The van der Waals surface area contributed by atoms with Gasteiger partial charge in [0, 0.05) is 22.7 Å². The number of aliphatic hydroxyl groups excluding tert-OH is 1. The van der Waals surface area contributed by atoms with Crippen molar-refractivity contribution >= 4 is 32.9 Å². The number of benzene rings is 1. The molecule has 0 bridgehead atoms. The van der Waals surface area contributed by atoms with E-state index in [4.69, 9.17) is 5.11 Å². The summed E-state index contributed by atoms with van der Waals surface area (Å²) in [6.07, 6.45) is -5.89. The lowest BCUT2D eigenvalue weighted by Crippen LogP contribution is -2.53. The minimum atomic E-state index is -5.15. The normalized spacial score (nSPS) is 24.0. The number of nitrogens with zero attached hydrogens (tertiary/aromatic N) is 1. The molecule has 9 heteroatoms. The average molecular weight is 428 g/mol. The molecular formula is C20H20F4N2O2S. The molecule has 2 aromatic rings. The van der Waals surface area contributed by atoms with Crippen molar-refractivity contribution in [2.75, 3.05) is 20.2 Å². The van der Waals surface area contributed by atoms with Crippen molar-refractivity contribution < 1.29 is 27.5 Å². The van der Waals surface area contributed by atoms with Gasteiger partial charge in [-0.05, 0) is 41.6 Å². The van der Waals surface area contributed by atoms with Gasteiger partial charge in [-0.25, -0.2) is 4.39 Å². The van der Waals surface area contributed by atoms with Gasteiger partial charge in [0.1, 0.15) is 0 Å². The van der Waals surface area contributed by atoms with Crippen molar-refractivity contribution in [1.82, 2.24) is 10.2 Å². The number of hydrogen-bond donors (Lipinski definition) is 2. The van der Waals surface area contributed by atoms with Crippen LogP contribution in [0.25, 0.3) is 15.7 Å². The van der Waals surface area contributed by atoms with Crippen LogP contribution in [0, 0.1) is 5.92 Å². The van der Waals surface area contributed by atoms with Crippen molar-refractivity contribution in [3.05, 3.63) is 40.8 Å². The number of aliphatic hydroxyl groups is 1. The Morgan fingerprint density at radius 3 is 2.86 bits per heavy atom. The number of amides is 1. The van der Waals surface area contributed by atoms with Crippen molar-refractivity contribution in [2.24, 2.45) is 5.92 Å². The minimum absolute atomic E-state index is 0.0736. The van der Waals surface area contributed by atoms with E-state index in [9.17, 15) is 22.4 Å². The molecule has 0 saturated heterocycles. The van der Waals surface area contributed by atoms with E-state index in [1.165, 1.54) is 5.56 Å². The Balaban J connectivity index is 1.63. The summed E-state index contributed by atoms with van der Waals surface area (Å²) in [6, 6.07) is 4.02. The standard InChI is InChI=1S/C20H20F4N2O2S/c1-26-7-10(19(28)25-14(8-27)18(21)20(22,23)24)5-13-12-3-2-4-16-17(12)11(9-29-16)6-15(13)26/h2-5,9-10,14-15,18,27H,6-8H2,1H3,(H,25,28). The monoisotopic (exact) mass is 428 g/mol. The lowest BCUT2D eigenvalue weighted by Gasteiger charge is -2.39. The zero-order valence-electron chi connectivity index (χ0n) is 15.5. The second-order valence-electron chi connectivity index (χ2n) is 7.57. The van der Waals surface area contributed by atoms with Crippen LogP contribution in [-0.4, -0.2) is 60.5 Å². The second kappa shape index (κ2) is 7.37. The Morgan fingerprint density at radius 1 is 1.41 bits per heavy atom. The molecule has 2 aliphatic rings. The lowest BCUT2D eigenvalue weighted by molar-refractivity contribution is -0.191. The molecule has 4 rings (SSSR count). The van der Waals surface area contributed by atoms with E-state index in [1.54, 1.807) is 17.4 Å². The highest BCUT2D eigenvalue weighted by Gasteiger charge is 2.46. The molecule has 4 nitrogen and oxygen atoms in total. The van der Waals surface area contributed by atoms with Gasteiger partial charge in [0.25, 0.3) is 0 Å². The van der Waals surface area contributed by atoms with E-state index in [-0.39, 0.29) is 6.04 Å². The third-order valence-corrected chi connectivity index (χ3v) is 6.68. The summed E-state index contributed by atoms with van der Waals surface area (Å²) in [4.78, 5) is 14.6. The highest BCUT2D eigenvalue weighted by molar-refractivity contribution is 7.17. The SMILES string of the molecule is CN1CC(C(=O)NC(CO)C(F)C(F)(F)F)C=C2c3cccc4scc(c34)CC21. The van der Waals surface area contributed by atoms with Gasteiger partial charge in [-0.2, -0.15) is 13.2 Å². The molecular weight excluding hydrogens is 408 g/mol. The molecule has 1 aliphatic carbocycles.